The lowest BCUT2D eigenvalue weighted by Crippen LogP contribution is -2.29. The lowest BCUT2D eigenvalue weighted by atomic mass is 10.1. The molecule has 0 aliphatic heterocycles. The molecule has 0 saturated carbocycles. The van der Waals surface area contributed by atoms with Gasteiger partial charge in [-0.15, -0.1) is 0 Å². The first-order chi connectivity index (χ1) is 12.1. The van der Waals surface area contributed by atoms with Gasteiger partial charge in [-0.1, -0.05) is 23.8 Å². The molecule has 0 atom stereocenters. The fourth-order valence-electron chi connectivity index (χ4n) is 2.54. The van der Waals surface area contributed by atoms with Crippen molar-refractivity contribution < 1.29 is 18.0 Å². The van der Waals surface area contributed by atoms with E-state index in [1.807, 2.05) is 32.0 Å². The van der Waals surface area contributed by atoms with Crippen LogP contribution in [0.1, 0.15) is 22.3 Å². The molecule has 2 rings (SSSR count). The fourth-order valence-corrected chi connectivity index (χ4v) is 2.54. The molecule has 26 heavy (non-hydrogen) atoms. The van der Waals surface area contributed by atoms with Crippen LogP contribution in [0.5, 0.6) is 0 Å². The van der Waals surface area contributed by atoms with Crippen LogP contribution >= 0.6 is 0 Å². The predicted octanol–water partition coefficient (Wildman–Crippen LogP) is 4.71. The van der Waals surface area contributed by atoms with Crippen molar-refractivity contribution in [1.29, 1.82) is 0 Å². The van der Waals surface area contributed by atoms with E-state index in [0.29, 0.717) is 5.69 Å². The predicted molar refractivity (Wildman–Crippen MR) is 97.5 cm³/mol. The Labute approximate surface area is 151 Å². The third-order valence-corrected chi connectivity index (χ3v) is 4.01. The second kappa shape index (κ2) is 7.68. The third kappa shape index (κ3) is 4.91. The number of amides is 2. The molecular weight excluding hydrogens is 343 g/mol. The summed E-state index contributed by atoms with van der Waals surface area (Å²) in [5, 5.41) is 4.89. The summed E-state index contributed by atoms with van der Waals surface area (Å²) in [5.74, 6) is 0. The van der Waals surface area contributed by atoms with Crippen molar-refractivity contribution in [2.75, 3.05) is 24.3 Å². The van der Waals surface area contributed by atoms with E-state index in [9.17, 15) is 18.0 Å². The Balaban J connectivity index is 2.13. The Hall–Kier alpha value is -2.70. The van der Waals surface area contributed by atoms with Gasteiger partial charge in [0.2, 0.25) is 0 Å². The first-order valence-electron chi connectivity index (χ1n) is 8.07. The van der Waals surface area contributed by atoms with E-state index < -0.39 is 17.8 Å². The smallest absolute Gasteiger partial charge is 0.378 e. The zero-order valence-corrected chi connectivity index (χ0v) is 15.2. The number of urea groups is 1. The van der Waals surface area contributed by atoms with Crippen LogP contribution in [0.4, 0.5) is 29.3 Å². The summed E-state index contributed by atoms with van der Waals surface area (Å²) in [5.41, 5.74) is 2.26. The van der Waals surface area contributed by atoms with E-state index in [2.05, 4.69) is 10.6 Å². The van der Waals surface area contributed by atoms with Crippen LogP contribution in [-0.2, 0) is 12.7 Å². The molecule has 0 fully saturated rings. The molecular formula is C19H22F3N3O. The van der Waals surface area contributed by atoms with E-state index in [0.717, 1.165) is 22.8 Å². The number of anilines is 2. The molecule has 2 aromatic carbocycles. The largest absolute Gasteiger partial charge is 0.418 e. The number of halogens is 3. The zero-order chi connectivity index (χ0) is 19.5. The molecule has 0 bridgehead atoms. The van der Waals surface area contributed by atoms with E-state index >= 15 is 0 Å². The minimum absolute atomic E-state index is 0.231. The summed E-state index contributed by atoms with van der Waals surface area (Å²) in [6.07, 6.45) is -4.57. The molecule has 7 heteroatoms. The first kappa shape index (κ1) is 19.6. The van der Waals surface area contributed by atoms with Crippen molar-refractivity contribution >= 4 is 17.4 Å². The molecule has 0 heterocycles. The minimum Gasteiger partial charge on any atom is -0.378 e. The average molecular weight is 365 g/mol. The van der Waals surface area contributed by atoms with Crippen LogP contribution in [-0.4, -0.2) is 20.1 Å². The van der Waals surface area contributed by atoms with Crippen molar-refractivity contribution in [2.24, 2.45) is 0 Å². The van der Waals surface area contributed by atoms with Gasteiger partial charge in [0.05, 0.1) is 11.3 Å². The molecule has 0 radical (unpaired) electrons. The number of benzene rings is 2. The molecule has 2 N–H and O–H groups in total. The van der Waals surface area contributed by atoms with Gasteiger partial charge in [-0.05, 0) is 43.2 Å². The van der Waals surface area contributed by atoms with Crippen molar-refractivity contribution in [3.8, 4) is 0 Å². The Kier molecular flexibility index (Phi) is 5.79. The molecule has 0 aromatic heterocycles. The van der Waals surface area contributed by atoms with Crippen molar-refractivity contribution in [1.82, 2.24) is 5.32 Å². The monoisotopic (exact) mass is 365 g/mol. The van der Waals surface area contributed by atoms with Crippen molar-refractivity contribution in [3.05, 3.63) is 58.7 Å². The van der Waals surface area contributed by atoms with Crippen LogP contribution in [0.3, 0.4) is 0 Å². The lowest BCUT2D eigenvalue weighted by Gasteiger charge is -2.19. The molecule has 0 aliphatic carbocycles. The maximum Gasteiger partial charge on any atom is 0.418 e. The van der Waals surface area contributed by atoms with Crippen LogP contribution in [0, 0.1) is 13.8 Å². The van der Waals surface area contributed by atoms with E-state index in [4.69, 9.17) is 0 Å². The Bertz CT molecular complexity index is 801. The molecule has 0 unspecified atom stereocenters. The molecule has 0 saturated heterocycles. The summed E-state index contributed by atoms with van der Waals surface area (Å²) in [6, 6.07) is 8.90. The summed E-state index contributed by atoms with van der Waals surface area (Å²) < 4.78 is 39.9. The second-order valence-corrected chi connectivity index (χ2v) is 6.36. The van der Waals surface area contributed by atoms with E-state index in [-0.39, 0.29) is 12.2 Å². The molecule has 4 nitrogen and oxygen atoms in total. The number of carbonyl (C=O) groups is 1. The van der Waals surface area contributed by atoms with Crippen molar-refractivity contribution in [2.45, 2.75) is 26.6 Å². The van der Waals surface area contributed by atoms with Crippen LogP contribution in [0.2, 0.25) is 0 Å². The standard InChI is InChI=1S/C19H22F3N3O/c1-12-5-6-14(13(2)9-12)11-23-18(26)24-17-8-7-15(25(3)4)10-16(17)19(20,21)22/h5-10H,11H2,1-4H3,(H2,23,24,26). The van der Waals surface area contributed by atoms with Crippen molar-refractivity contribution in [3.63, 3.8) is 0 Å². The molecule has 2 aromatic rings. The van der Waals surface area contributed by atoms with Gasteiger partial charge in [0.25, 0.3) is 0 Å². The van der Waals surface area contributed by atoms with Gasteiger partial charge in [-0.25, -0.2) is 4.79 Å². The highest BCUT2D eigenvalue weighted by atomic mass is 19.4. The maximum atomic E-state index is 13.3. The highest BCUT2D eigenvalue weighted by molar-refractivity contribution is 5.90. The van der Waals surface area contributed by atoms with E-state index in [1.54, 1.807) is 19.0 Å². The number of nitrogens with zero attached hydrogens (tertiary/aromatic N) is 1. The summed E-state index contributed by atoms with van der Waals surface area (Å²) >= 11 is 0. The lowest BCUT2D eigenvalue weighted by molar-refractivity contribution is -0.136. The van der Waals surface area contributed by atoms with Gasteiger partial charge < -0.3 is 15.5 Å². The van der Waals surface area contributed by atoms with Gasteiger partial charge >= 0.3 is 12.2 Å². The number of hydrogen-bond acceptors (Lipinski definition) is 2. The van der Waals surface area contributed by atoms with Gasteiger partial charge in [0, 0.05) is 26.3 Å². The zero-order valence-electron chi connectivity index (χ0n) is 15.2. The Morgan fingerprint density at radius 2 is 1.77 bits per heavy atom. The van der Waals surface area contributed by atoms with Crippen LogP contribution < -0.4 is 15.5 Å². The number of hydrogen-bond donors (Lipinski definition) is 2. The van der Waals surface area contributed by atoms with Gasteiger partial charge in [0.1, 0.15) is 0 Å². The number of alkyl halides is 3. The Morgan fingerprint density at radius 3 is 2.35 bits per heavy atom. The van der Waals surface area contributed by atoms with E-state index in [1.165, 1.54) is 12.1 Å². The summed E-state index contributed by atoms with van der Waals surface area (Å²) in [7, 11) is 3.30. The average Bonchev–Trinajstić information content (AvgIpc) is 2.53. The number of nitrogens with one attached hydrogen (secondary N) is 2. The van der Waals surface area contributed by atoms with Crippen LogP contribution in [0.15, 0.2) is 36.4 Å². The topological polar surface area (TPSA) is 44.4 Å². The molecule has 2 amide bonds. The summed E-state index contributed by atoms with van der Waals surface area (Å²) in [6.45, 7) is 4.12. The quantitative estimate of drug-likeness (QED) is 0.824. The third-order valence-electron chi connectivity index (χ3n) is 4.01. The fraction of sp³-hybridized carbons (Fsp3) is 0.316. The SMILES string of the molecule is Cc1ccc(CNC(=O)Nc2ccc(N(C)C)cc2C(F)(F)F)c(C)c1. The number of carbonyl (C=O) groups excluding carboxylic acids is 1. The highest BCUT2D eigenvalue weighted by Gasteiger charge is 2.34. The first-order valence-corrected chi connectivity index (χ1v) is 8.07. The van der Waals surface area contributed by atoms with Gasteiger partial charge in [0.15, 0.2) is 0 Å². The molecule has 0 spiro atoms. The van der Waals surface area contributed by atoms with Gasteiger partial charge in [-0.3, -0.25) is 0 Å². The summed E-state index contributed by atoms with van der Waals surface area (Å²) in [4.78, 5) is 13.6. The van der Waals surface area contributed by atoms with Crippen LogP contribution in [0.25, 0.3) is 0 Å². The normalized spacial score (nSPS) is 11.2. The van der Waals surface area contributed by atoms with Gasteiger partial charge in [-0.2, -0.15) is 13.2 Å². The molecule has 140 valence electrons. The number of aryl methyl sites for hydroxylation is 2. The Morgan fingerprint density at radius 1 is 1.08 bits per heavy atom. The highest BCUT2D eigenvalue weighted by Crippen LogP contribution is 2.37. The second-order valence-electron chi connectivity index (χ2n) is 6.36. The molecule has 0 aliphatic rings. The minimum atomic E-state index is -4.57. The maximum absolute atomic E-state index is 13.3. The number of rotatable bonds is 4.